The van der Waals surface area contributed by atoms with E-state index >= 15 is 0 Å². The first-order valence-electron chi connectivity index (χ1n) is 9.06. The van der Waals surface area contributed by atoms with Gasteiger partial charge in [0.25, 0.3) is 5.91 Å². The number of ether oxygens (including phenoxy) is 1. The first kappa shape index (κ1) is 16.6. The Bertz CT molecular complexity index is 876. The van der Waals surface area contributed by atoms with E-state index in [9.17, 15) is 9.59 Å². The summed E-state index contributed by atoms with van der Waals surface area (Å²) in [7, 11) is 0. The fraction of sp³-hybridized carbons (Fsp3) is 0.333. The maximum atomic E-state index is 12.7. The molecule has 0 saturated carbocycles. The number of hydrogen-bond acceptors (Lipinski definition) is 3. The van der Waals surface area contributed by atoms with Gasteiger partial charge in [0.05, 0.1) is 5.69 Å². The van der Waals surface area contributed by atoms with Crippen molar-refractivity contribution >= 4 is 23.2 Å². The molecule has 0 unspecified atom stereocenters. The number of nitrogens with zero attached hydrogens (tertiary/aromatic N) is 1. The van der Waals surface area contributed by atoms with Gasteiger partial charge in [0.15, 0.2) is 6.61 Å². The third kappa shape index (κ3) is 3.17. The Morgan fingerprint density at radius 3 is 2.92 bits per heavy atom. The van der Waals surface area contributed by atoms with Gasteiger partial charge in [0, 0.05) is 5.69 Å². The molecule has 1 heterocycles. The van der Waals surface area contributed by atoms with E-state index in [0.717, 1.165) is 30.5 Å². The van der Waals surface area contributed by atoms with Gasteiger partial charge in [-0.3, -0.25) is 14.5 Å². The Kier molecular flexibility index (Phi) is 4.37. The lowest BCUT2D eigenvalue weighted by atomic mass is 9.90. The van der Waals surface area contributed by atoms with Gasteiger partial charge in [-0.2, -0.15) is 0 Å². The van der Waals surface area contributed by atoms with Crippen molar-refractivity contribution in [3.8, 4) is 5.75 Å². The predicted octanol–water partition coefficient (Wildman–Crippen LogP) is 3.24. The van der Waals surface area contributed by atoms with E-state index in [2.05, 4.69) is 11.4 Å². The molecule has 2 aromatic carbocycles. The van der Waals surface area contributed by atoms with Crippen molar-refractivity contribution in [2.75, 3.05) is 23.4 Å². The lowest BCUT2D eigenvalue weighted by Crippen LogP contribution is -2.43. The van der Waals surface area contributed by atoms with Gasteiger partial charge in [-0.1, -0.05) is 18.2 Å². The van der Waals surface area contributed by atoms with Crippen molar-refractivity contribution in [3.05, 3.63) is 53.1 Å². The highest BCUT2D eigenvalue weighted by Gasteiger charge is 2.27. The van der Waals surface area contributed by atoms with Crippen molar-refractivity contribution in [3.63, 3.8) is 0 Å². The predicted molar refractivity (Wildman–Crippen MR) is 101 cm³/mol. The quantitative estimate of drug-likeness (QED) is 0.924. The van der Waals surface area contributed by atoms with Crippen LogP contribution in [-0.4, -0.2) is 25.0 Å². The molecule has 26 heavy (non-hydrogen) atoms. The molecule has 5 nitrogen and oxygen atoms in total. The van der Waals surface area contributed by atoms with E-state index in [1.807, 2.05) is 37.3 Å². The minimum absolute atomic E-state index is 0.0116. The summed E-state index contributed by atoms with van der Waals surface area (Å²) < 4.78 is 5.47. The molecule has 0 aromatic heterocycles. The SMILES string of the molecule is Cc1ccc2c(c1)N(CC(=O)Nc1cccc3c1CCCC3)C(=O)CO2. The average molecular weight is 350 g/mol. The number of carbonyl (C=O) groups excluding carboxylic acids is 2. The molecular weight excluding hydrogens is 328 g/mol. The number of benzene rings is 2. The maximum absolute atomic E-state index is 12.7. The second kappa shape index (κ2) is 6.83. The van der Waals surface area contributed by atoms with Crippen LogP contribution in [0.2, 0.25) is 0 Å². The van der Waals surface area contributed by atoms with Crippen molar-refractivity contribution in [1.29, 1.82) is 0 Å². The summed E-state index contributed by atoms with van der Waals surface area (Å²) in [5.74, 6) is 0.250. The zero-order chi connectivity index (χ0) is 18.1. The summed E-state index contributed by atoms with van der Waals surface area (Å²) >= 11 is 0. The van der Waals surface area contributed by atoms with E-state index < -0.39 is 0 Å². The Labute approximate surface area is 153 Å². The Morgan fingerprint density at radius 2 is 2.04 bits per heavy atom. The van der Waals surface area contributed by atoms with Crippen LogP contribution < -0.4 is 15.0 Å². The van der Waals surface area contributed by atoms with Gasteiger partial charge in [-0.15, -0.1) is 0 Å². The van der Waals surface area contributed by atoms with Gasteiger partial charge >= 0.3 is 0 Å². The van der Waals surface area contributed by atoms with Crippen LogP contribution in [0.4, 0.5) is 11.4 Å². The zero-order valence-corrected chi connectivity index (χ0v) is 14.9. The third-order valence-electron chi connectivity index (χ3n) is 5.03. The van der Waals surface area contributed by atoms with Crippen LogP contribution in [0.5, 0.6) is 5.75 Å². The van der Waals surface area contributed by atoms with Gasteiger partial charge in [0.2, 0.25) is 5.91 Å². The van der Waals surface area contributed by atoms with Crippen molar-refractivity contribution in [2.24, 2.45) is 0 Å². The number of carbonyl (C=O) groups is 2. The lowest BCUT2D eigenvalue weighted by molar-refractivity contribution is -0.123. The number of fused-ring (bicyclic) bond motifs is 2. The summed E-state index contributed by atoms with van der Waals surface area (Å²) in [5.41, 5.74) is 5.10. The van der Waals surface area contributed by atoms with Crippen LogP contribution in [-0.2, 0) is 22.4 Å². The molecule has 1 aliphatic heterocycles. The summed E-state index contributed by atoms with van der Waals surface area (Å²) in [4.78, 5) is 26.5. The molecule has 0 fully saturated rings. The number of amides is 2. The molecule has 0 radical (unpaired) electrons. The van der Waals surface area contributed by atoms with Crippen molar-refractivity contribution in [2.45, 2.75) is 32.6 Å². The second-order valence-electron chi connectivity index (χ2n) is 6.94. The highest BCUT2D eigenvalue weighted by atomic mass is 16.5. The van der Waals surface area contributed by atoms with E-state index in [1.165, 1.54) is 22.4 Å². The Balaban J connectivity index is 1.54. The number of anilines is 2. The van der Waals surface area contributed by atoms with Crippen LogP contribution in [0.15, 0.2) is 36.4 Å². The molecule has 0 saturated heterocycles. The fourth-order valence-corrected chi connectivity index (χ4v) is 3.72. The fourth-order valence-electron chi connectivity index (χ4n) is 3.72. The zero-order valence-electron chi connectivity index (χ0n) is 14.9. The molecular formula is C21H22N2O3. The molecule has 1 aliphatic carbocycles. The summed E-state index contributed by atoms with van der Waals surface area (Å²) in [6.07, 6.45) is 4.40. The molecule has 0 spiro atoms. The highest BCUT2D eigenvalue weighted by Crippen LogP contribution is 2.33. The van der Waals surface area contributed by atoms with E-state index in [4.69, 9.17) is 4.74 Å². The average Bonchev–Trinajstić information content (AvgIpc) is 2.64. The van der Waals surface area contributed by atoms with Crippen LogP contribution >= 0.6 is 0 Å². The normalized spacial score (nSPS) is 15.7. The number of aryl methyl sites for hydroxylation is 2. The molecule has 0 atom stereocenters. The summed E-state index contributed by atoms with van der Waals surface area (Å²) in [6.45, 7) is 1.90. The van der Waals surface area contributed by atoms with E-state index in [0.29, 0.717) is 11.4 Å². The lowest BCUT2D eigenvalue weighted by Gasteiger charge is -2.29. The molecule has 2 amide bonds. The molecule has 2 aromatic rings. The number of nitrogens with one attached hydrogen (secondary N) is 1. The molecule has 5 heteroatoms. The van der Waals surface area contributed by atoms with Crippen LogP contribution in [0.25, 0.3) is 0 Å². The van der Waals surface area contributed by atoms with Gasteiger partial charge in [-0.25, -0.2) is 0 Å². The van der Waals surface area contributed by atoms with Gasteiger partial charge in [0.1, 0.15) is 12.3 Å². The molecule has 4 rings (SSSR count). The smallest absolute Gasteiger partial charge is 0.265 e. The van der Waals surface area contributed by atoms with Gasteiger partial charge in [-0.05, 0) is 67.5 Å². The minimum atomic E-state index is -0.201. The largest absolute Gasteiger partial charge is 0.482 e. The minimum Gasteiger partial charge on any atom is -0.482 e. The molecule has 134 valence electrons. The first-order valence-corrected chi connectivity index (χ1v) is 9.06. The van der Waals surface area contributed by atoms with Crippen LogP contribution in [0.1, 0.15) is 29.5 Å². The molecule has 0 bridgehead atoms. The number of hydrogen-bond donors (Lipinski definition) is 1. The van der Waals surface area contributed by atoms with E-state index in [-0.39, 0.29) is 25.0 Å². The van der Waals surface area contributed by atoms with Gasteiger partial charge < -0.3 is 10.1 Å². The molecule has 2 aliphatic rings. The van der Waals surface area contributed by atoms with Crippen molar-refractivity contribution < 1.29 is 14.3 Å². The monoisotopic (exact) mass is 350 g/mol. The standard InChI is InChI=1S/C21H22N2O3/c1-14-9-10-19-18(11-14)23(21(25)13-26-19)12-20(24)22-17-8-4-6-15-5-2-3-7-16(15)17/h4,6,8-11H,2-3,5,7,12-13H2,1H3,(H,22,24). The summed E-state index contributed by atoms with van der Waals surface area (Å²) in [6, 6.07) is 11.7. The Hall–Kier alpha value is -2.82. The maximum Gasteiger partial charge on any atom is 0.265 e. The van der Waals surface area contributed by atoms with Crippen LogP contribution in [0, 0.1) is 6.92 Å². The highest BCUT2D eigenvalue weighted by molar-refractivity contribution is 6.05. The van der Waals surface area contributed by atoms with Crippen molar-refractivity contribution in [1.82, 2.24) is 0 Å². The number of rotatable bonds is 3. The molecule has 1 N–H and O–H groups in total. The topological polar surface area (TPSA) is 58.6 Å². The Morgan fingerprint density at radius 1 is 1.19 bits per heavy atom. The van der Waals surface area contributed by atoms with Crippen LogP contribution in [0.3, 0.4) is 0 Å². The summed E-state index contributed by atoms with van der Waals surface area (Å²) in [5, 5.41) is 3.01. The second-order valence-corrected chi connectivity index (χ2v) is 6.94. The van der Waals surface area contributed by atoms with E-state index in [1.54, 1.807) is 0 Å². The first-order chi connectivity index (χ1) is 12.6. The third-order valence-corrected chi connectivity index (χ3v) is 5.03.